The van der Waals surface area contributed by atoms with Crippen LogP contribution in [0.4, 0.5) is 10.5 Å². The van der Waals surface area contributed by atoms with Crippen molar-refractivity contribution in [1.29, 1.82) is 5.26 Å². The predicted octanol–water partition coefficient (Wildman–Crippen LogP) is 3.64. The van der Waals surface area contributed by atoms with Crippen molar-refractivity contribution in [3.8, 4) is 17.6 Å². The summed E-state index contributed by atoms with van der Waals surface area (Å²) >= 11 is 0. The smallest absolute Gasteiger partial charge is 0.499 e. The standard InChI is InChI=1S/C20H25N3O7/c1-6-22(7-2)18(25)14(11-21)8-13-9-15(23(27)28)17(24)16(10-13)30-19(26)29-12-20(3,4)5/h8-10,24H,6-7,12H2,1-5H3. The summed E-state index contributed by atoms with van der Waals surface area (Å²) in [5, 5.41) is 30.7. The van der Waals surface area contributed by atoms with E-state index in [-0.39, 0.29) is 23.2 Å². The van der Waals surface area contributed by atoms with Gasteiger partial charge in [-0.3, -0.25) is 14.9 Å². The zero-order valence-electron chi connectivity index (χ0n) is 17.6. The summed E-state index contributed by atoms with van der Waals surface area (Å²) in [5.41, 5.74) is -1.34. The van der Waals surface area contributed by atoms with Crippen LogP contribution >= 0.6 is 0 Å². The number of amides is 1. The zero-order chi connectivity index (χ0) is 23.1. The lowest BCUT2D eigenvalue weighted by Gasteiger charge is -2.18. The number of benzene rings is 1. The van der Waals surface area contributed by atoms with Crippen LogP contribution in [0.15, 0.2) is 17.7 Å². The second kappa shape index (κ2) is 10.2. The van der Waals surface area contributed by atoms with Crippen molar-refractivity contribution in [1.82, 2.24) is 4.90 Å². The van der Waals surface area contributed by atoms with Crippen LogP contribution < -0.4 is 4.74 Å². The summed E-state index contributed by atoms with van der Waals surface area (Å²) in [6.45, 7) is 9.73. The molecule has 0 atom stereocenters. The molecule has 0 aliphatic rings. The molecule has 10 heteroatoms. The van der Waals surface area contributed by atoms with Gasteiger partial charge in [0.2, 0.25) is 5.75 Å². The third kappa shape index (κ3) is 6.77. The molecule has 0 aliphatic heterocycles. The molecule has 1 amide bonds. The molecule has 0 aromatic heterocycles. The second-order valence-corrected chi connectivity index (χ2v) is 7.49. The largest absolute Gasteiger partial charge is 0.513 e. The van der Waals surface area contributed by atoms with Crippen molar-refractivity contribution in [2.24, 2.45) is 5.41 Å². The summed E-state index contributed by atoms with van der Waals surface area (Å²) in [6, 6.07) is 3.84. The zero-order valence-corrected chi connectivity index (χ0v) is 17.6. The fourth-order valence-electron chi connectivity index (χ4n) is 2.30. The average molecular weight is 419 g/mol. The number of ether oxygens (including phenoxy) is 2. The first-order chi connectivity index (χ1) is 13.9. The summed E-state index contributed by atoms with van der Waals surface area (Å²) in [6.07, 6.45) is -0.0316. The van der Waals surface area contributed by atoms with E-state index in [2.05, 4.69) is 0 Å². The molecule has 0 unspecified atom stereocenters. The number of nitro groups is 1. The van der Waals surface area contributed by atoms with Gasteiger partial charge >= 0.3 is 11.8 Å². The number of hydrogen-bond donors (Lipinski definition) is 1. The molecule has 0 bridgehead atoms. The highest BCUT2D eigenvalue weighted by Gasteiger charge is 2.24. The van der Waals surface area contributed by atoms with Gasteiger partial charge in [0.15, 0.2) is 5.75 Å². The van der Waals surface area contributed by atoms with Gasteiger partial charge in [-0.15, -0.1) is 0 Å². The number of nitriles is 1. The number of likely N-dealkylation sites (N-methyl/N-ethyl adjacent to an activating group) is 1. The Morgan fingerprint density at radius 3 is 2.37 bits per heavy atom. The highest BCUT2D eigenvalue weighted by atomic mass is 16.7. The number of carbonyl (C=O) groups excluding carboxylic acids is 2. The number of rotatable bonds is 7. The van der Waals surface area contributed by atoms with E-state index in [1.54, 1.807) is 19.9 Å². The maximum atomic E-state index is 12.4. The van der Waals surface area contributed by atoms with E-state index >= 15 is 0 Å². The Morgan fingerprint density at radius 1 is 1.30 bits per heavy atom. The number of phenolic OH excluding ortho intramolecular Hbond substituents is 1. The van der Waals surface area contributed by atoms with E-state index in [0.717, 1.165) is 18.2 Å². The fourth-order valence-corrected chi connectivity index (χ4v) is 2.30. The number of aromatic hydroxyl groups is 1. The van der Waals surface area contributed by atoms with Crippen molar-refractivity contribution in [2.45, 2.75) is 34.6 Å². The van der Waals surface area contributed by atoms with Gasteiger partial charge in [-0.05, 0) is 37.0 Å². The Kier molecular flexibility index (Phi) is 8.34. The molecule has 30 heavy (non-hydrogen) atoms. The molecule has 10 nitrogen and oxygen atoms in total. The van der Waals surface area contributed by atoms with E-state index in [9.17, 15) is 30.1 Å². The molecule has 0 spiro atoms. The number of hydrogen-bond acceptors (Lipinski definition) is 8. The molecule has 1 aromatic rings. The molecule has 0 saturated heterocycles. The van der Waals surface area contributed by atoms with Gasteiger partial charge in [-0.2, -0.15) is 5.26 Å². The van der Waals surface area contributed by atoms with E-state index < -0.39 is 34.2 Å². The van der Waals surface area contributed by atoms with Crippen LogP contribution in [0.3, 0.4) is 0 Å². The number of nitrogens with zero attached hydrogens (tertiary/aromatic N) is 3. The lowest BCUT2D eigenvalue weighted by Crippen LogP contribution is -2.31. The molecule has 1 rings (SSSR count). The van der Waals surface area contributed by atoms with E-state index in [0.29, 0.717) is 13.1 Å². The Bertz CT molecular complexity index is 891. The van der Waals surface area contributed by atoms with Crippen molar-refractivity contribution in [3.63, 3.8) is 0 Å². The number of carbonyl (C=O) groups is 2. The van der Waals surface area contributed by atoms with Gasteiger partial charge in [-0.25, -0.2) is 4.79 Å². The highest BCUT2D eigenvalue weighted by molar-refractivity contribution is 6.01. The van der Waals surface area contributed by atoms with Crippen LogP contribution in [-0.4, -0.2) is 46.7 Å². The van der Waals surface area contributed by atoms with Crippen molar-refractivity contribution >= 4 is 23.8 Å². The van der Waals surface area contributed by atoms with Gasteiger partial charge in [-0.1, -0.05) is 20.8 Å². The first-order valence-electron chi connectivity index (χ1n) is 9.20. The van der Waals surface area contributed by atoms with Gasteiger partial charge in [0, 0.05) is 19.2 Å². The SMILES string of the molecule is CCN(CC)C(=O)C(C#N)=Cc1cc(OC(=O)OCC(C)(C)C)c(O)c([N+](=O)[O-])c1. The maximum absolute atomic E-state index is 12.4. The Morgan fingerprint density at radius 2 is 1.90 bits per heavy atom. The monoisotopic (exact) mass is 419 g/mol. The molecule has 162 valence electrons. The van der Waals surface area contributed by atoms with Crippen molar-refractivity contribution in [2.75, 3.05) is 19.7 Å². The summed E-state index contributed by atoms with van der Waals surface area (Å²) in [4.78, 5) is 36.1. The topological polar surface area (TPSA) is 143 Å². The van der Waals surface area contributed by atoms with Gasteiger partial charge in [0.1, 0.15) is 11.6 Å². The van der Waals surface area contributed by atoms with Crippen molar-refractivity contribution in [3.05, 3.63) is 33.4 Å². The minimum Gasteiger partial charge on any atom is -0.499 e. The van der Waals surface area contributed by atoms with Gasteiger partial charge in [0.25, 0.3) is 5.91 Å². The fraction of sp³-hybridized carbons (Fsp3) is 0.450. The first-order valence-corrected chi connectivity index (χ1v) is 9.20. The van der Waals surface area contributed by atoms with Crippen LogP contribution in [0.1, 0.15) is 40.2 Å². The number of nitro benzene ring substituents is 1. The lowest BCUT2D eigenvalue weighted by atomic mass is 9.99. The molecule has 0 heterocycles. The van der Waals surface area contributed by atoms with Crippen LogP contribution in [0.5, 0.6) is 11.5 Å². The molecule has 0 aliphatic carbocycles. The quantitative estimate of drug-likeness (QED) is 0.176. The second-order valence-electron chi connectivity index (χ2n) is 7.49. The third-order valence-electron chi connectivity index (χ3n) is 3.80. The Labute approximate surface area is 174 Å². The van der Waals surface area contributed by atoms with Crippen LogP contribution in [-0.2, 0) is 9.53 Å². The third-order valence-corrected chi connectivity index (χ3v) is 3.80. The van der Waals surface area contributed by atoms with Crippen LogP contribution in [0.25, 0.3) is 6.08 Å². The maximum Gasteiger partial charge on any atom is 0.513 e. The summed E-state index contributed by atoms with van der Waals surface area (Å²) in [5.74, 6) is -1.95. The van der Waals surface area contributed by atoms with E-state index in [1.165, 1.54) is 4.90 Å². The van der Waals surface area contributed by atoms with Gasteiger partial charge in [0.05, 0.1) is 11.5 Å². The van der Waals surface area contributed by atoms with Crippen molar-refractivity contribution < 1.29 is 29.1 Å². The molecule has 1 aromatic carbocycles. The molecule has 1 N–H and O–H groups in total. The summed E-state index contributed by atoms with van der Waals surface area (Å²) in [7, 11) is 0. The molecule has 0 saturated carbocycles. The first kappa shape index (κ1) is 24.4. The minimum atomic E-state index is -1.16. The van der Waals surface area contributed by atoms with Crippen LogP contribution in [0.2, 0.25) is 0 Å². The van der Waals surface area contributed by atoms with E-state index in [4.69, 9.17) is 9.47 Å². The van der Waals surface area contributed by atoms with Crippen LogP contribution in [0, 0.1) is 26.9 Å². The lowest BCUT2D eigenvalue weighted by molar-refractivity contribution is -0.385. The molecular formula is C20H25N3O7. The molecular weight excluding hydrogens is 394 g/mol. The molecule has 0 radical (unpaired) electrons. The van der Waals surface area contributed by atoms with Gasteiger partial charge < -0.3 is 19.5 Å². The summed E-state index contributed by atoms with van der Waals surface area (Å²) < 4.78 is 9.85. The average Bonchev–Trinajstić information content (AvgIpc) is 2.66. The Balaban J connectivity index is 3.34. The predicted molar refractivity (Wildman–Crippen MR) is 108 cm³/mol. The minimum absolute atomic E-state index is 0.0191. The Hall–Kier alpha value is -3.61. The normalized spacial score (nSPS) is 11.4. The highest BCUT2D eigenvalue weighted by Crippen LogP contribution is 2.38. The molecule has 0 fully saturated rings. The van der Waals surface area contributed by atoms with E-state index in [1.807, 2.05) is 20.8 Å². The number of phenols is 1.